The lowest BCUT2D eigenvalue weighted by Gasteiger charge is -2.17. The van der Waals surface area contributed by atoms with E-state index < -0.39 is 11.9 Å². The number of carboxylic acid groups (broad SMARTS) is 1. The van der Waals surface area contributed by atoms with Crippen molar-refractivity contribution in [3.63, 3.8) is 0 Å². The molecule has 2 rings (SSSR count). The molecule has 3 nitrogen and oxygen atoms in total. The Morgan fingerprint density at radius 3 is 2.50 bits per heavy atom. The Morgan fingerprint density at radius 2 is 1.90 bits per heavy atom. The highest BCUT2D eigenvalue weighted by atomic mass is 16.5. The number of aryl methyl sites for hydroxylation is 1. The summed E-state index contributed by atoms with van der Waals surface area (Å²) in [5, 5.41) is 9.54. The number of ether oxygens (including phenoxy) is 1. The second kappa shape index (κ2) is 6.24. The highest BCUT2D eigenvalue weighted by molar-refractivity contribution is 5.77. The quantitative estimate of drug-likeness (QED) is 0.905. The number of benzene rings is 2. The normalized spacial score (nSPS) is 11.9. The van der Waals surface area contributed by atoms with E-state index in [-0.39, 0.29) is 0 Å². The first kappa shape index (κ1) is 14.1. The molecule has 0 fully saturated rings. The zero-order valence-electron chi connectivity index (χ0n) is 11.7. The van der Waals surface area contributed by atoms with Crippen molar-refractivity contribution in [2.24, 2.45) is 0 Å². The van der Waals surface area contributed by atoms with Gasteiger partial charge < -0.3 is 9.84 Å². The average molecular weight is 270 g/mol. The maximum Gasteiger partial charge on any atom is 0.311 e. The number of hydrogen-bond acceptors (Lipinski definition) is 2. The first-order valence-electron chi connectivity index (χ1n) is 6.53. The van der Waals surface area contributed by atoms with Gasteiger partial charge in [-0.2, -0.15) is 0 Å². The summed E-state index contributed by atoms with van der Waals surface area (Å²) in [6.45, 7) is 1.95. The van der Waals surface area contributed by atoms with E-state index in [9.17, 15) is 9.90 Å². The van der Waals surface area contributed by atoms with Crippen LogP contribution in [0.2, 0.25) is 0 Å². The molecule has 20 heavy (non-hydrogen) atoms. The Balaban J connectivity index is 2.38. The summed E-state index contributed by atoms with van der Waals surface area (Å²) in [7, 11) is 1.57. The van der Waals surface area contributed by atoms with E-state index in [0.29, 0.717) is 12.2 Å². The molecule has 0 aliphatic carbocycles. The predicted molar refractivity (Wildman–Crippen MR) is 78.3 cm³/mol. The highest BCUT2D eigenvalue weighted by Crippen LogP contribution is 2.30. The zero-order chi connectivity index (χ0) is 14.5. The molecule has 0 radical (unpaired) electrons. The average Bonchev–Trinajstić information content (AvgIpc) is 2.45. The van der Waals surface area contributed by atoms with Gasteiger partial charge in [-0.05, 0) is 25.0 Å². The number of hydrogen-bond donors (Lipinski definition) is 1. The van der Waals surface area contributed by atoms with Gasteiger partial charge in [0.15, 0.2) is 0 Å². The predicted octanol–water partition coefficient (Wildman–Crippen LogP) is 3.41. The molecule has 2 aromatic rings. The van der Waals surface area contributed by atoms with E-state index >= 15 is 0 Å². The van der Waals surface area contributed by atoms with Gasteiger partial charge in [0, 0.05) is 5.56 Å². The van der Waals surface area contributed by atoms with E-state index in [1.54, 1.807) is 7.11 Å². The fraction of sp³-hybridized carbons (Fsp3) is 0.235. The van der Waals surface area contributed by atoms with Crippen LogP contribution in [0.1, 0.15) is 22.6 Å². The van der Waals surface area contributed by atoms with Crippen molar-refractivity contribution in [1.82, 2.24) is 0 Å². The Kier molecular flexibility index (Phi) is 4.41. The van der Waals surface area contributed by atoms with E-state index in [2.05, 4.69) is 0 Å². The van der Waals surface area contributed by atoms with Crippen molar-refractivity contribution >= 4 is 5.97 Å². The van der Waals surface area contributed by atoms with Crippen molar-refractivity contribution in [3.8, 4) is 5.75 Å². The maximum atomic E-state index is 11.6. The minimum Gasteiger partial charge on any atom is -0.496 e. The molecule has 1 unspecified atom stereocenters. The molecule has 0 amide bonds. The van der Waals surface area contributed by atoms with Gasteiger partial charge in [-0.1, -0.05) is 48.0 Å². The molecule has 1 N–H and O–H groups in total. The second-order valence-corrected chi connectivity index (χ2v) is 4.83. The van der Waals surface area contributed by atoms with Gasteiger partial charge in [0.1, 0.15) is 5.75 Å². The third-order valence-corrected chi connectivity index (χ3v) is 3.34. The van der Waals surface area contributed by atoms with Crippen molar-refractivity contribution in [3.05, 3.63) is 65.2 Å². The highest BCUT2D eigenvalue weighted by Gasteiger charge is 2.23. The zero-order valence-corrected chi connectivity index (χ0v) is 11.7. The van der Waals surface area contributed by atoms with Crippen LogP contribution in [-0.2, 0) is 11.2 Å². The first-order valence-corrected chi connectivity index (χ1v) is 6.53. The Hall–Kier alpha value is -2.29. The first-order chi connectivity index (χ1) is 9.61. The molecule has 2 aromatic carbocycles. The largest absolute Gasteiger partial charge is 0.496 e. The number of carbonyl (C=O) groups is 1. The molecule has 0 spiro atoms. The summed E-state index contributed by atoms with van der Waals surface area (Å²) < 4.78 is 5.31. The van der Waals surface area contributed by atoms with Gasteiger partial charge >= 0.3 is 5.97 Å². The van der Waals surface area contributed by atoms with Crippen molar-refractivity contribution < 1.29 is 14.6 Å². The lowest BCUT2D eigenvalue weighted by atomic mass is 9.90. The van der Waals surface area contributed by atoms with Gasteiger partial charge in [-0.3, -0.25) is 4.79 Å². The van der Waals surface area contributed by atoms with Crippen LogP contribution >= 0.6 is 0 Å². The van der Waals surface area contributed by atoms with Gasteiger partial charge in [0.2, 0.25) is 0 Å². The van der Waals surface area contributed by atoms with Crippen LogP contribution < -0.4 is 4.74 Å². The molecule has 0 saturated carbocycles. The lowest BCUT2D eigenvalue weighted by molar-refractivity contribution is -0.138. The Morgan fingerprint density at radius 1 is 1.20 bits per heavy atom. The van der Waals surface area contributed by atoms with Crippen LogP contribution in [0.15, 0.2) is 48.5 Å². The fourth-order valence-corrected chi connectivity index (χ4v) is 2.31. The van der Waals surface area contributed by atoms with E-state index in [0.717, 1.165) is 16.7 Å². The Bertz CT molecular complexity index is 590. The fourth-order valence-electron chi connectivity index (χ4n) is 2.31. The molecule has 0 saturated heterocycles. The monoisotopic (exact) mass is 270 g/mol. The van der Waals surface area contributed by atoms with E-state index in [4.69, 9.17) is 4.74 Å². The number of carboxylic acids is 1. The van der Waals surface area contributed by atoms with Crippen LogP contribution in [0.4, 0.5) is 0 Å². The summed E-state index contributed by atoms with van der Waals surface area (Å²) in [5.74, 6) is -0.816. The summed E-state index contributed by atoms with van der Waals surface area (Å²) in [5.41, 5.74) is 2.76. The van der Waals surface area contributed by atoms with Gasteiger partial charge in [0.05, 0.1) is 13.0 Å². The Labute approximate surface area is 118 Å². The topological polar surface area (TPSA) is 46.5 Å². The van der Waals surface area contributed by atoms with Crippen LogP contribution in [0.25, 0.3) is 0 Å². The van der Waals surface area contributed by atoms with E-state index in [1.807, 2.05) is 55.5 Å². The summed E-state index contributed by atoms with van der Waals surface area (Å²) in [6, 6.07) is 15.3. The van der Waals surface area contributed by atoms with Crippen LogP contribution in [-0.4, -0.2) is 18.2 Å². The minimum atomic E-state index is -0.835. The van der Waals surface area contributed by atoms with Crippen molar-refractivity contribution in [2.45, 2.75) is 19.3 Å². The van der Waals surface area contributed by atoms with Crippen LogP contribution in [0.3, 0.4) is 0 Å². The van der Waals surface area contributed by atoms with Crippen LogP contribution in [0.5, 0.6) is 5.75 Å². The SMILES string of the molecule is COc1ccc(C)cc1C(Cc1ccccc1)C(=O)O. The number of rotatable bonds is 5. The standard InChI is InChI=1S/C17H18O3/c1-12-8-9-16(20-2)14(10-12)15(17(18)19)11-13-6-4-3-5-7-13/h3-10,15H,11H2,1-2H3,(H,18,19). The van der Waals surface area contributed by atoms with Gasteiger partial charge in [-0.25, -0.2) is 0 Å². The molecule has 0 aliphatic heterocycles. The molecule has 0 bridgehead atoms. The van der Waals surface area contributed by atoms with Crippen molar-refractivity contribution in [1.29, 1.82) is 0 Å². The van der Waals surface area contributed by atoms with Crippen LogP contribution in [0, 0.1) is 6.92 Å². The molecule has 0 heterocycles. The molecule has 104 valence electrons. The van der Waals surface area contributed by atoms with E-state index in [1.165, 1.54) is 0 Å². The molecular formula is C17H18O3. The summed E-state index contributed by atoms with van der Waals surface area (Å²) in [6.07, 6.45) is 0.454. The number of methoxy groups -OCH3 is 1. The molecule has 3 heteroatoms. The minimum absolute atomic E-state index is 0.454. The maximum absolute atomic E-state index is 11.6. The third-order valence-electron chi connectivity index (χ3n) is 3.34. The third kappa shape index (κ3) is 3.18. The summed E-state index contributed by atoms with van der Waals surface area (Å²) in [4.78, 5) is 11.6. The molecule has 0 aliphatic rings. The molecular weight excluding hydrogens is 252 g/mol. The lowest BCUT2D eigenvalue weighted by Crippen LogP contribution is -2.15. The van der Waals surface area contributed by atoms with Crippen molar-refractivity contribution in [2.75, 3.05) is 7.11 Å². The van der Waals surface area contributed by atoms with Gasteiger partial charge in [-0.15, -0.1) is 0 Å². The number of aliphatic carboxylic acids is 1. The summed E-state index contributed by atoms with van der Waals surface area (Å²) >= 11 is 0. The molecule has 0 aromatic heterocycles. The second-order valence-electron chi connectivity index (χ2n) is 4.83. The van der Waals surface area contributed by atoms with Gasteiger partial charge in [0.25, 0.3) is 0 Å². The molecule has 1 atom stereocenters. The smallest absolute Gasteiger partial charge is 0.311 e.